The molecule has 0 radical (unpaired) electrons. The molecule has 1 aliphatic heterocycles. The monoisotopic (exact) mass is 186 g/mol. The van der Waals surface area contributed by atoms with E-state index >= 15 is 0 Å². The van der Waals surface area contributed by atoms with Crippen molar-refractivity contribution in [1.29, 1.82) is 0 Å². The summed E-state index contributed by atoms with van der Waals surface area (Å²) in [7, 11) is 0. The molecule has 0 bridgehead atoms. The molecule has 13 heavy (non-hydrogen) atoms. The number of ether oxygens (including phenoxy) is 1. The van der Waals surface area contributed by atoms with Crippen LogP contribution in [0.15, 0.2) is 0 Å². The topological polar surface area (TPSA) is 50.4 Å². The van der Waals surface area contributed by atoms with Crippen molar-refractivity contribution in [2.45, 2.75) is 25.8 Å². The summed E-state index contributed by atoms with van der Waals surface area (Å²) < 4.78 is 5.20. The van der Waals surface area contributed by atoms with Crippen LogP contribution >= 0.6 is 0 Å². The number of hydrogen-bond acceptors (Lipinski definition) is 3. The van der Waals surface area contributed by atoms with Gasteiger partial charge in [0.1, 0.15) is 0 Å². The quantitative estimate of drug-likeness (QED) is 0.589. The van der Waals surface area contributed by atoms with Crippen molar-refractivity contribution in [3.05, 3.63) is 0 Å². The normalized spacial score (nSPS) is 22.8. The van der Waals surface area contributed by atoms with Crippen molar-refractivity contribution in [3.63, 3.8) is 0 Å². The summed E-state index contributed by atoms with van der Waals surface area (Å²) in [5, 5.41) is 6.17. The van der Waals surface area contributed by atoms with Gasteiger partial charge in [-0.05, 0) is 13.3 Å². The molecular weight excluding hydrogens is 168 g/mol. The highest BCUT2D eigenvalue weighted by Gasteiger charge is 2.16. The van der Waals surface area contributed by atoms with Crippen LogP contribution in [-0.2, 0) is 9.53 Å². The van der Waals surface area contributed by atoms with Crippen molar-refractivity contribution in [1.82, 2.24) is 10.6 Å². The third-order valence-electron chi connectivity index (χ3n) is 2.15. The highest BCUT2D eigenvalue weighted by atomic mass is 16.5. The summed E-state index contributed by atoms with van der Waals surface area (Å²) in [6.45, 7) is 5.13. The largest absolute Gasteiger partial charge is 0.380 e. The minimum Gasteiger partial charge on any atom is -0.380 e. The van der Waals surface area contributed by atoms with Crippen LogP contribution in [0.2, 0.25) is 0 Å². The van der Waals surface area contributed by atoms with Crippen LogP contribution in [0.1, 0.15) is 19.8 Å². The van der Waals surface area contributed by atoms with Gasteiger partial charge in [0.25, 0.3) is 0 Å². The van der Waals surface area contributed by atoms with Crippen molar-refractivity contribution in [2.24, 2.45) is 0 Å². The van der Waals surface area contributed by atoms with Crippen LogP contribution in [0.4, 0.5) is 0 Å². The number of hydrogen-bond donors (Lipinski definition) is 2. The van der Waals surface area contributed by atoms with Gasteiger partial charge in [0.05, 0.1) is 6.61 Å². The number of carbonyl (C=O) groups excluding carboxylic acids is 1. The SMILES string of the molecule is CCOCCNC1CCC(=O)NC1. The van der Waals surface area contributed by atoms with Crippen LogP contribution in [0.5, 0.6) is 0 Å². The summed E-state index contributed by atoms with van der Waals surface area (Å²) in [6.07, 6.45) is 1.59. The molecule has 1 amide bonds. The lowest BCUT2D eigenvalue weighted by atomic mass is 10.1. The Labute approximate surface area is 79.0 Å². The summed E-state index contributed by atoms with van der Waals surface area (Å²) in [4.78, 5) is 10.8. The minimum absolute atomic E-state index is 0.169. The number of piperidine rings is 1. The van der Waals surface area contributed by atoms with Crippen LogP contribution < -0.4 is 10.6 Å². The highest BCUT2D eigenvalue weighted by molar-refractivity contribution is 5.76. The molecule has 0 saturated carbocycles. The van der Waals surface area contributed by atoms with Gasteiger partial charge in [-0.1, -0.05) is 0 Å². The molecule has 1 atom stereocenters. The van der Waals surface area contributed by atoms with Gasteiger partial charge in [-0.15, -0.1) is 0 Å². The van der Waals surface area contributed by atoms with E-state index in [0.717, 1.165) is 32.7 Å². The third-order valence-corrected chi connectivity index (χ3v) is 2.15. The van der Waals surface area contributed by atoms with E-state index in [1.807, 2.05) is 6.92 Å². The van der Waals surface area contributed by atoms with Gasteiger partial charge in [0.15, 0.2) is 0 Å². The van der Waals surface area contributed by atoms with Crippen LogP contribution in [-0.4, -0.2) is 38.3 Å². The lowest BCUT2D eigenvalue weighted by Gasteiger charge is -2.23. The van der Waals surface area contributed by atoms with E-state index in [2.05, 4.69) is 10.6 Å². The molecule has 0 aromatic heterocycles. The van der Waals surface area contributed by atoms with E-state index < -0.39 is 0 Å². The molecule has 1 heterocycles. The molecule has 1 fully saturated rings. The van der Waals surface area contributed by atoms with Gasteiger partial charge >= 0.3 is 0 Å². The fourth-order valence-corrected chi connectivity index (χ4v) is 1.39. The summed E-state index contributed by atoms with van der Waals surface area (Å²) in [6, 6.07) is 0.429. The number of nitrogens with one attached hydrogen (secondary N) is 2. The lowest BCUT2D eigenvalue weighted by Crippen LogP contribution is -2.46. The molecule has 2 N–H and O–H groups in total. The number of amides is 1. The van der Waals surface area contributed by atoms with Crippen LogP contribution in [0.25, 0.3) is 0 Å². The van der Waals surface area contributed by atoms with Crippen molar-refractivity contribution in [2.75, 3.05) is 26.3 Å². The molecule has 4 nitrogen and oxygen atoms in total. The average Bonchev–Trinajstić information content (AvgIpc) is 2.15. The van der Waals surface area contributed by atoms with Crippen LogP contribution in [0.3, 0.4) is 0 Å². The van der Waals surface area contributed by atoms with Crippen LogP contribution in [0, 0.1) is 0 Å². The molecule has 0 aromatic carbocycles. The molecule has 1 saturated heterocycles. The number of carbonyl (C=O) groups is 1. The summed E-state index contributed by atoms with van der Waals surface area (Å²) >= 11 is 0. The second-order valence-corrected chi connectivity index (χ2v) is 3.19. The van der Waals surface area contributed by atoms with Gasteiger partial charge < -0.3 is 15.4 Å². The zero-order chi connectivity index (χ0) is 9.52. The smallest absolute Gasteiger partial charge is 0.220 e. The van der Waals surface area contributed by atoms with Gasteiger partial charge in [0, 0.05) is 32.2 Å². The average molecular weight is 186 g/mol. The Hall–Kier alpha value is -0.610. The summed E-state index contributed by atoms with van der Waals surface area (Å²) in [5.41, 5.74) is 0. The Morgan fingerprint density at radius 2 is 2.54 bits per heavy atom. The predicted molar refractivity (Wildman–Crippen MR) is 50.5 cm³/mol. The third kappa shape index (κ3) is 4.24. The molecular formula is C9H18N2O2. The molecule has 0 aromatic rings. The molecule has 1 unspecified atom stereocenters. The van der Waals surface area contributed by atoms with E-state index in [1.165, 1.54) is 0 Å². The Bertz CT molecular complexity index is 152. The first-order valence-corrected chi connectivity index (χ1v) is 4.90. The Morgan fingerprint density at radius 1 is 1.69 bits per heavy atom. The fraction of sp³-hybridized carbons (Fsp3) is 0.889. The van der Waals surface area contributed by atoms with Crippen molar-refractivity contribution >= 4 is 5.91 Å². The standard InChI is InChI=1S/C9H18N2O2/c1-2-13-6-5-10-8-3-4-9(12)11-7-8/h8,10H,2-7H2,1H3,(H,11,12). The maximum absolute atomic E-state index is 10.8. The first-order chi connectivity index (χ1) is 6.33. The van der Waals surface area contributed by atoms with E-state index in [0.29, 0.717) is 12.5 Å². The molecule has 4 heteroatoms. The Balaban J connectivity index is 1.99. The van der Waals surface area contributed by atoms with E-state index in [9.17, 15) is 4.79 Å². The van der Waals surface area contributed by atoms with Crippen molar-refractivity contribution < 1.29 is 9.53 Å². The second kappa shape index (κ2) is 5.94. The van der Waals surface area contributed by atoms with E-state index in [1.54, 1.807) is 0 Å². The molecule has 1 aliphatic rings. The van der Waals surface area contributed by atoms with E-state index in [-0.39, 0.29) is 5.91 Å². The number of rotatable bonds is 5. The maximum atomic E-state index is 10.8. The first-order valence-electron chi connectivity index (χ1n) is 4.90. The zero-order valence-corrected chi connectivity index (χ0v) is 8.14. The first kappa shape index (κ1) is 10.5. The minimum atomic E-state index is 0.169. The van der Waals surface area contributed by atoms with Gasteiger partial charge in [0.2, 0.25) is 5.91 Å². The van der Waals surface area contributed by atoms with Gasteiger partial charge in [-0.3, -0.25) is 4.79 Å². The predicted octanol–water partition coefficient (Wildman–Crippen LogP) is -0.109. The zero-order valence-electron chi connectivity index (χ0n) is 8.14. The molecule has 0 spiro atoms. The summed E-state index contributed by atoms with van der Waals surface area (Å²) in [5.74, 6) is 0.169. The lowest BCUT2D eigenvalue weighted by molar-refractivity contribution is -0.122. The van der Waals surface area contributed by atoms with Crippen molar-refractivity contribution in [3.8, 4) is 0 Å². The highest BCUT2D eigenvalue weighted by Crippen LogP contribution is 2.01. The molecule has 1 rings (SSSR count). The molecule has 76 valence electrons. The Kier molecular flexibility index (Phi) is 4.78. The molecule has 0 aliphatic carbocycles. The Morgan fingerprint density at radius 3 is 3.15 bits per heavy atom. The fourth-order valence-electron chi connectivity index (χ4n) is 1.39. The van der Waals surface area contributed by atoms with E-state index in [4.69, 9.17) is 4.74 Å². The second-order valence-electron chi connectivity index (χ2n) is 3.19. The maximum Gasteiger partial charge on any atom is 0.220 e. The van der Waals surface area contributed by atoms with Gasteiger partial charge in [-0.25, -0.2) is 0 Å². The van der Waals surface area contributed by atoms with Gasteiger partial charge in [-0.2, -0.15) is 0 Å².